The van der Waals surface area contributed by atoms with Gasteiger partial charge in [0, 0.05) is 10.7 Å². The molecule has 0 saturated carbocycles. The molecule has 16 heavy (non-hydrogen) atoms. The second kappa shape index (κ2) is 4.97. The molecule has 1 atom stereocenters. The van der Waals surface area contributed by atoms with E-state index in [0.717, 1.165) is 6.26 Å². The van der Waals surface area contributed by atoms with Crippen molar-refractivity contribution in [1.29, 1.82) is 0 Å². The zero-order valence-electron chi connectivity index (χ0n) is 8.55. The third-order valence-corrected chi connectivity index (χ3v) is 3.71. The molecule has 0 radical (unpaired) electrons. The van der Waals surface area contributed by atoms with E-state index in [0.29, 0.717) is 10.0 Å². The van der Waals surface area contributed by atoms with Crippen LogP contribution in [0.2, 0.25) is 0 Å². The average molecular weight is 307 g/mol. The highest BCUT2D eigenvalue weighted by Gasteiger charge is 2.25. The van der Waals surface area contributed by atoms with Gasteiger partial charge in [-0.2, -0.15) is 0 Å². The fraction of sp³-hybridized carbons (Fsp3) is 0.300. The molecular formula is C10H11BrO4S. The van der Waals surface area contributed by atoms with Crippen molar-refractivity contribution in [3.63, 3.8) is 0 Å². The summed E-state index contributed by atoms with van der Waals surface area (Å²) in [5.74, 6) is -2.58. The van der Waals surface area contributed by atoms with Crippen molar-refractivity contribution < 1.29 is 18.3 Å². The molecular weight excluding hydrogens is 296 g/mol. The van der Waals surface area contributed by atoms with Crippen LogP contribution < -0.4 is 0 Å². The smallest absolute Gasteiger partial charge is 0.312 e. The summed E-state index contributed by atoms with van der Waals surface area (Å²) in [6.07, 6.45) is 1.03. The third kappa shape index (κ3) is 3.61. The van der Waals surface area contributed by atoms with Crippen molar-refractivity contribution >= 4 is 31.7 Å². The van der Waals surface area contributed by atoms with Gasteiger partial charge in [0.2, 0.25) is 0 Å². The largest absolute Gasteiger partial charge is 0.481 e. The van der Waals surface area contributed by atoms with Gasteiger partial charge in [0.05, 0.1) is 11.7 Å². The first-order chi connectivity index (χ1) is 7.31. The van der Waals surface area contributed by atoms with E-state index in [-0.39, 0.29) is 0 Å². The SMILES string of the molecule is CS(=O)(=O)CC(C(=O)O)c1ccccc1Br. The summed E-state index contributed by atoms with van der Waals surface area (Å²) < 4.78 is 22.9. The van der Waals surface area contributed by atoms with Gasteiger partial charge in [0.25, 0.3) is 0 Å². The molecule has 0 aliphatic heterocycles. The number of carbonyl (C=O) groups is 1. The van der Waals surface area contributed by atoms with Gasteiger partial charge in [-0.15, -0.1) is 0 Å². The van der Waals surface area contributed by atoms with Gasteiger partial charge < -0.3 is 5.11 Å². The van der Waals surface area contributed by atoms with E-state index in [1.807, 2.05) is 0 Å². The lowest BCUT2D eigenvalue weighted by Crippen LogP contribution is -2.21. The number of halogens is 1. The molecule has 1 rings (SSSR count). The Morgan fingerprint density at radius 2 is 2.00 bits per heavy atom. The second-order valence-corrected chi connectivity index (χ2v) is 6.54. The molecule has 0 aliphatic rings. The molecule has 1 aromatic rings. The van der Waals surface area contributed by atoms with E-state index in [4.69, 9.17) is 5.11 Å². The quantitative estimate of drug-likeness (QED) is 0.918. The second-order valence-electron chi connectivity index (χ2n) is 3.50. The lowest BCUT2D eigenvalue weighted by atomic mass is 10.0. The number of rotatable bonds is 4. The van der Waals surface area contributed by atoms with Gasteiger partial charge in [0.1, 0.15) is 9.84 Å². The Morgan fingerprint density at radius 1 is 1.44 bits per heavy atom. The normalized spacial score (nSPS) is 13.4. The maximum atomic E-state index is 11.2. The number of sulfone groups is 1. The molecule has 88 valence electrons. The van der Waals surface area contributed by atoms with Crippen LogP contribution in [-0.2, 0) is 14.6 Å². The van der Waals surface area contributed by atoms with E-state index < -0.39 is 27.5 Å². The van der Waals surface area contributed by atoms with Crippen LogP contribution in [0.3, 0.4) is 0 Å². The van der Waals surface area contributed by atoms with Gasteiger partial charge >= 0.3 is 5.97 Å². The molecule has 0 aliphatic carbocycles. The molecule has 0 spiro atoms. The number of carboxylic acid groups (broad SMARTS) is 1. The Bertz CT molecular complexity index is 495. The molecule has 6 heteroatoms. The standard InChI is InChI=1S/C10H11BrO4S/c1-16(14,15)6-8(10(12)13)7-4-2-3-5-9(7)11/h2-5,8H,6H2,1H3,(H,12,13). The van der Waals surface area contributed by atoms with Crippen LogP contribution in [-0.4, -0.2) is 31.5 Å². The zero-order chi connectivity index (χ0) is 12.3. The van der Waals surface area contributed by atoms with Crippen molar-refractivity contribution in [2.45, 2.75) is 5.92 Å². The highest BCUT2D eigenvalue weighted by atomic mass is 79.9. The molecule has 1 aromatic carbocycles. The summed E-state index contributed by atoms with van der Waals surface area (Å²) in [5.41, 5.74) is 0.473. The number of aliphatic carboxylic acids is 1. The maximum Gasteiger partial charge on any atom is 0.312 e. The van der Waals surface area contributed by atoms with E-state index in [9.17, 15) is 13.2 Å². The Balaban J connectivity index is 3.14. The van der Waals surface area contributed by atoms with Crippen LogP contribution in [0.25, 0.3) is 0 Å². The van der Waals surface area contributed by atoms with Crippen LogP contribution in [0.1, 0.15) is 11.5 Å². The molecule has 4 nitrogen and oxygen atoms in total. The van der Waals surface area contributed by atoms with E-state index in [1.54, 1.807) is 24.3 Å². The first-order valence-corrected chi connectivity index (χ1v) is 7.31. The van der Waals surface area contributed by atoms with Crippen LogP contribution in [0.15, 0.2) is 28.7 Å². The highest BCUT2D eigenvalue weighted by Crippen LogP contribution is 2.26. The molecule has 0 saturated heterocycles. The first kappa shape index (κ1) is 13.2. The number of benzene rings is 1. The summed E-state index contributed by atoms with van der Waals surface area (Å²) in [6.45, 7) is 0. The summed E-state index contributed by atoms with van der Waals surface area (Å²) in [7, 11) is -3.33. The van der Waals surface area contributed by atoms with Crippen LogP contribution in [0, 0.1) is 0 Å². The van der Waals surface area contributed by atoms with Gasteiger partial charge in [-0.3, -0.25) is 4.79 Å². The average Bonchev–Trinajstić information content (AvgIpc) is 2.13. The van der Waals surface area contributed by atoms with E-state index in [2.05, 4.69) is 15.9 Å². The molecule has 1 unspecified atom stereocenters. The van der Waals surface area contributed by atoms with E-state index >= 15 is 0 Å². The van der Waals surface area contributed by atoms with Gasteiger partial charge in [-0.25, -0.2) is 8.42 Å². The number of hydrogen-bond donors (Lipinski definition) is 1. The molecule has 0 amide bonds. The van der Waals surface area contributed by atoms with Crippen molar-refractivity contribution in [2.75, 3.05) is 12.0 Å². The number of carboxylic acids is 1. The third-order valence-electron chi connectivity index (χ3n) is 2.05. The van der Waals surface area contributed by atoms with Crippen molar-refractivity contribution in [2.24, 2.45) is 0 Å². The van der Waals surface area contributed by atoms with Crippen molar-refractivity contribution in [3.05, 3.63) is 34.3 Å². The minimum absolute atomic E-state index is 0.398. The predicted molar refractivity (Wildman–Crippen MR) is 64.2 cm³/mol. The first-order valence-electron chi connectivity index (χ1n) is 4.46. The zero-order valence-corrected chi connectivity index (χ0v) is 11.0. The van der Waals surface area contributed by atoms with E-state index in [1.165, 1.54) is 0 Å². The van der Waals surface area contributed by atoms with Gasteiger partial charge in [0.15, 0.2) is 0 Å². The van der Waals surface area contributed by atoms with Crippen molar-refractivity contribution in [1.82, 2.24) is 0 Å². The monoisotopic (exact) mass is 306 g/mol. The Kier molecular flexibility index (Phi) is 4.09. The van der Waals surface area contributed by atoms with Crippen LogP contribution >= 0.6 is 15.9 Å². The Labute approximate surface area is 102 Å². The summed E-state index contributed by atoms with van der Waals surface area (Å²) >= 11 is 3.21. The van der Waals surface area contributed by atoms with Crippen LogP contribution in [0.4, 0.5) is 0 Å². The minimum Gasteiger partial charge on any atom is -0.481 e. The lowest BCUT2D eigenvalue weighted by Gasteiger charge is -2.13. The lowest BCUT2D eigenvalue weighted by molar-refractivity contribution is -0.138. The molecule has 0 aromatic heterocycles. The molecule has 0 bridgehead atoms. The summed E-state index contributed by atoms with van der Waals surface area (Å²) in [5, 5.41) is 9.03. The van der Waals surface area contributed by atoms with Crippen molar-refractivity contribution in [3.8, 4) is 0 Å². The maximum absolute atomic E-state index is 11.2. The Morgan fingerprint density at radius 3 is 2.44 bits per heavy atom. The number of hydrogen-bond acceptors (Lipinski definition) is 3. The highest BCUT2D eigenvalue weighted by molar-refractivity contribution is 9.10. The van der Waals surface area contributed by atoms with Crippen LogP contribution in [0.5, 0.6) is 0 Å². The predicted octanol–water partition coefficient (Wildman–Crippen LogP) is 1.66. The summed E-state index contributed by atoms with van der Waals surface area (Å²) in [4.78, 5) is 11.0. The topological polar surface area (TPSA) is 71.4 Å². The van der Waals surface area contributed by atoms with Gasteiger partial charge in [-0.1, -0.05) is 34.1 Å². The fourth-order valence-electron chi connectivity index (χ4n) is 1.35. The fourth-order valence-corrected chi connectivity index (χ4v) is 2.84. The Hall–Kier alpha value is -0.880. The molecule has 0 fully saturated rings. The molecule has 1 N–H and O–H groups in total. The summed E-state index contributed by atoms with van der Waals surface area (Å²) in [6, 6.07) is 6.72. The van der Waals surface area contributed by atoms with Gasteiger partial charge in [-0.05, 0) is 11.6 Å². The molecule has 0 heterocycles. The minimum atomic E-state index is -3.33.